The summed E-state index contributed by atoms with van der Waals surface area (Å²) in [5, 5.41) is 36.4. The van der Waals surface area contributed by atoms with E-state index in [1.165, 1.54) is 0 Å². The fourth-order valence-corrected chi connectivity index (χ4v) is 10.7. The molecular weight excluding hydrogens is 762 g/mol. The SMILES string of the molecule is C=C1CC2CCC(=O)C[C@H]3O[C@H]4[C@@H](O)[C@H]5O[C@H](CC[C@@H]5O[C@H]4[C@H]3O)CC(=O)CC3[C@H](CC4O[C@@H](CCC1O2)C[C@@H](C)C4=C)O[C@H](C[C@H](O)CNC(=O)OC(C)(C)C)[C@@H]3C. The lowest BCUT2D eigenvalue weighted by molar-refractivity contribution is -0.259. The first kappa shape index (κ1) is 44.8. The molecule has 1 amide bonds. The highest BCUT2D eigenvalue weighted by atomic mass is 16.6. The molecule has 0 spiro atoms. The van der Waals surface area contributed by atoms with Crippen molar-refractivity contribution in [3.63, 3.8) is 0 Å². The van der Waals surface area contributed by atoms with Gasteiger partial charge in [0.15, 0.2) is 0 Å². The standard InChI is InChI=1S/C45H69NO13/c1-22-14-30-10-12-33-23(2)15-29(53-33)9-8-26(47)18-38-39(50)42-43(58-38)40(51)41-34(57-42)13-11-31(55-41)16-27(48)17-32-25(4)35(56-37(32)20-36(54-30)24(22)3)19-28(49)21-46-44(52)59-45(5,6)7/h22,25,28-43,49-51H,2-3,8-21H2,1,4-7H3,(H,46,52)/t22-,25-,28+,29?,30+,31-,32?,33?,34+,35-,36?,37+,38-,39+,40+,41+,42+,43+/m1/s1. The highest BCUT2D eigenvalue weighted by molar-refractivity contribution is 5.79. The molecule has 18 atom stereocenters. The van der Waals surface area contributed by atoms with E-state index in [4.69, 9.17) is 33.2 Å². The maximum atomic E-state index is 14.0. The second-order valence-electron chi connectivity index (χ2n) is 19.7. The third-order valence-electron chi connectivity index (χ3n) is 14.0. The fraction of sp³-hybridized carbons (Fsp3) is 0.844. The van der Waals surface area contributed by atoms with E-state index in [1.54, 1.807) is 20.8 Å². The molecule has 7 saturated heterocycles. The highest BCUT2D eigenvalue weighted by Crippen LogP contribution is 2.44. The second-order valence-corrected chi connectivity index (χ2v) is 19.7. The summed E-state index contributed by atoms with van der Waals surface area (Å²) in [5.41, 5.74) is 1.35. The molecule has 4 unspecified atom stereocenters. The van der Waals surface area contributed by atoms with E-state index in [1.807, 2.05) is 0 Å². The van der Waals surface area contributed by atoms with Crippen LogP contribution >= 0.6 is 0 Å². The predicted molar refractivity (Wildman–Crippen MR) is 214 cm³/mol. The first-order chi connectivity index (χ1) is 27.9. The molecule has 0 aromatic carbocycles. The number of Topliss-reactive ketones (excluding diaryl/α,β-unsaturated/α-hetero) is 2. The Balaban J connectivity index is 1.08. The van der Waals surface area contributed by atoms with Gasteiger partial charge in [-0.15, -0.1) is 0 Å². The molecule has 14 nitrogen and oxygen atoms in total. The zero-order valence-corrected chi connectivity index (χ0v) is 35.6. The third-order valence-corrected chi connectivity index (χ3v) is 14.0. The van der Waals surface area contributed by atoms with Crippen LogP contribution in [-0.2, 0) is 42.7 Å². The van der Waals surface area contributed by atoms with Gasteiger partial charge in [-0.3, -0.25) is 9.59 Å². The number of aliphatic hydroxyl groups is 3. The Hall–Kier alpha value is -2.27. The average Bonchev–Trinajstić information content (AvgIpc) is 3.78. The Morgan fingerprint density at radius 2 is 1.46 bits per heavy atom. The summed E-state index contributed by atoms with van der Waals surface area (Å²) < 4.78 is 44.1. The minimum absolute atomic E-state index is 0.00347. The monoisotopic (exact) mass is 831 g/mol. The molecule has 8 bridgehead atoms. The van der Waals surface area contributed by atoms with Crippen molar-refractivity contribution in [2.24, 2.45) is 17.8 Å². The largest absolute Gasteiger partial charge is 0.444 e. The molecular formula is C45H69NO13. The Labute approximate surface area is 349 Å². The number of amides is 1. The number of carbonyl (C=O) groups excluding carboxylic acids is 3. The van der Waals surface area contributed by atoms with E-state index in [2.05, 4.69) is 32.3 Å². The summed E-state index contributed by atoms with van der Waals surface area (Å²) >= 11 is 0. The van der Waals surface area contributed by atoms with E-state index < -0.39 is 66.6 Å². The van der Waals surface area contributed by atoms with E-state index >= 15 is 0 Å². The molecule has 0 aliphatic carbocycles. The van der Waals surface area contributed by atoms with Gasteiger partial charge in [-0.05, 0) is 94.6 Å². The Bertz CT molecular complexity index is 1550. The first-order valence-corrected chi connectivity index (χ1v) is 22.3. The quantitative estimate of drug-likeness (QED) is 0.292. The molecule has 7 aliphatic heterocycles. The summed E-state index contributed by atoms with van der Waals surface area (Å²) in [5.74, 6) is -0.102. The Morgan fingerprint density at radius 3 is 2.22 bits per heavy atom. The maximum absolute atomic E-state index is 14.0. The molecule has 7 heterocycles. The van der Waals surface area contributed by atoms with Crippen molar-refractivity contribution in [2.45, 2.75) is 215 Å². The van der Waals surface area contributed by atoms with Crippen LogP contribution in [0.2, 0.25) is 0 Å². The molecule has 7 aliphatic rings. The van der Waals surface area contributed by atoms with Crippen molar-refractivity contribution in [2.75, 3.05) is 6.54 Å². The van der Waals surface area contributed by atoms with Gasteiger partial charge in [0.2, 0.25) is 0 Å². The van der Waals surface area contributed by atoms with Gasteiger partial charge < -0.3 is 53.8 Å². The molecule has 4 N–H and O–H groups in total. The van der Waals surface area contributed by atoms with Gasteiger partial charge >= 0.3 is 6.09 Å². The molecule has 0 aromatic rings. The van der Waals surface area contributed by atoms with E-state index in [0.29, 0.717) is 32.1 Å². The molecule has 14 heteroatoms. The van der Waals surface area contributed by atoms with Gasteiger partial charge in [-0.2, -0.15) is 0 Å². The topological polar surface area (TPSA) is 189 Å². The highest BCUT2D eigenvalue weighted by Gasteiger charge is 2.57. The molecule has 0 radical (unpaired) electrons. The van der Waals surface area contributed by atoms with Crippen LogP contribution < -0.4 is 5.32 Å². The molecule has 7 fully saturated rings. The average molecular weight is 832 g/mol. The summed E-state index contributed by atoms with van der Waals surface area (Å²) in [6.07, 6.45) is -3.04. The maximum Gasteiger partial charge on any atom is 0.407 e. The lowest BCUT2D eigenvalue weighted by Gasteiger charge is -2.46. The number of nitrogens with one attached hydrogen (secondary N) is 1. The van der Waals surface area contributed by atoms with E-state index in [9.17, 15) is 29.7 Å². The van der Waals surface area contributed by atoms with Gasteiger partial charge in [0.25, 0.3) is 0 Å². The Kier molecular flexibility index (Phi) is 14.1. The van der Waals surface area contributed by atoms with Crippen molar-refractivity contribution >= 4 is 17.7 Å². The number of ketones is 2. The van der Waals surface area contributed by atoms with Crippen LogP contribution in [0.25, 0.3) is 0 Å². The molecule has 59 heavy (non-hydrogen) atoms. The van der Waals surface area contributed by atoms with Crippen molar-refractivity contribution in [1.82, 2.24) is 5.32 Å². The minimum atomic E-state index is -1.10. The zero-order valence-electron chi connectivity index (χ0n) is 35.6. The number of aliphatic hydroxyl groups excluding tert-OH is 3. The first-order valence-electron chi connectivity index (χ1n) is 22.3. The van der Waals surface area contributed by atoms with Crippen LogP contribution in [0.5, 0.6) is 0 Å². The van der Waals surface area contributed by atoms with Crippen LogP contribution in [0.3, 0.4) is 0 Å². The van der Waals surface area contributed by atoms with Crippen molar-refractivity contribution in [3.8, 4) is 0 Å². The smallest absolute Gasteiger partial charge is 0.407 e. The summed E-state index contributed by atoms with van der Waals surface area (Å²) in [7, 11) is 0. The molecule has 332 valence electrons. The fourth-order valence-electron chi connectivity index (χ4n) is 10.7. The lowest BCUT2D eigenvalue weighted by Crippen LogP contribution is -2.61. The number of ether oxygens (including phenoxy) is 7. The third kappa shape index (κ3) is 10.7. The molecule has 0 aromatic heterocycles. The van der Waals surface area contributed by atoms with Crippen molar-refractivity contribution in [3.05, 3.63) is 24.3 Å². The van der Waals surface area contributed by atoms with Crippen molar-refractivity contribution < 1.29 is 62.9 Å². The number of carbonyl (C=O) groups is 3. The number of hydrogen-bond acceptors (Lipinski definition) is 13. The minimum Gasteiger partial charge on any atom is -0.444 e. The number of rotatable bonds is 4. The van der Waals surface area contributed by atoms with Crippen LogP contribution in [0.4, 0.5) is 4.79 Å². The lowest BCUT2D eigenvalue weighted by atomic mass is 9.78. The number of fused-ring (bicyclic) bond motifs is 7. The molecule has 7 rings (SSSR count). The van der Waals surface area contributed by atoms with E-state index in [-0.39, 0.29) is 105 Å². The van der Waals surface area contributed by atoms with Crippen LogP contribution in [0.1, 0.15) is 118 Å². The van der Waals surface area contributed by atoms with Gasteiger partial charge in [-0.1, -0.05) is 27.0 Å². The number of hydrogen-bond donors (Lipinski definition) is 4. The zero-order chi connectivity index (χ0) is 42.3. The van der Waals surface area contributed by atoms with Gasteiger partial charge in [0.05, 0.1) is 61.0 Å². The van der Waals surface area contributed by atoms with Crippen molar-refractivity contribution in [1.29, 1.82) is 0 Å². The predicted octanol–water partition coefficient (Wildman–Crippen LogP) is 4.42. The van der Waals surface area contributed by atoms with E-state index in [0.717, 1.165) is 30.4 Å². The van der Waals surface area contributed by atoms with Crippen LogP contribution in [-0.4, -0.2) is 137 Å². The summed E-state index contributed by atoms with van der Waals surface area (Å²) in [4.78, 5) is 39.5. The summed E-state index contributed by atoms with van der Waals surface area (Å²) in [6.45, 7) is 18.3. The van der Waals surface area contributed by atoms with Gasteiger partial charge in [0.1, 0.15) is 47.7 Å². The Morgan fingerprint density at radius 1 is 0.763 bits per heavy atom. The van der Waals surface area contributed by atoms with Gasteiger partial charge in [-0.25, -0.2) is 4.79 Å². The normalized spacial score (nSPS) is 44.2. The van der Waals surface area contributed by atoms with Gasteiger partial charge in [0, 0.05) is 45.1 Å². The van der Waals surface area contributed by atoms with Crippen LogP contribution in [0, 0.1) is 17.8 Å². The number of alkyl carbamates (subject to hydrolysis) is 1. The second kappa shape index (κ2) is 18.6. The molecule has 0 saturated carbocycles. The summed E-state index contributed by atoms with van der Waals surface area (Å²) in [6, 6.07) is 0. The van der Waals surface area contributed by atoms with Crippen LogP contribution in [0.15, 0.2) is 24.3 Å².